The summed E-state index contributed by atoms with van der Waals surface area (Å²) in [4.78, 5) is 27.5. The Bertz CT molecular complexity index is 1650. The van der Waals surface area contributed by atoms with Gasteiger partial charge in [0.05, 0.1) is 29.4 Å². The number of nitrogens with zero attached hydrogens (tertiary/aromatic N) is 1. The zero-order valence-corrected chi connectivity index (χ0v) is 36.2. The summed E-state index contributed by atoms with van der Waals surface area (Å²) >= 11 is 0. The van der Waals surface area contributed by atoms with Crippen LogP contribution in [0.5, 0.6) is 0 Å². The number of ether oxygens (including phenoxy) is 1. The van der Waals surface area contributed by atoms with Crippen LogP contribution >= 0.6 is 0 Å². The van der Waals surface area contributed by atoms with Crippen molar-refractivity contribution in [2.45, 2.75) is 157 Å². The second-order valence-electron chi connectivity index (χ2n) is 22.8. The van der Waals surface area contributed by atoms with Gasteiger partial charge in [0, 0.05) is 30.6 Å². The molecule has 1 saturated heterocycles. The number of carbonyl (C=O) groups is 2. The molecular weight excluding hydrogens is 716 g/mol. The van der Waals surface area contributed by atoms with Gasteiger partial charge in [0.15, 0.2) is 9.84 Å². The van der Waals surface area contributed by atoms with Gasteiger partial charge in [-0.1, -0.05) is 55.4 Å². The largest absolute Gasteiger partial charge is 0.481 e. The van der Waals surface area contributed by atoms with Crippen LogP contribution in [0.4, 0.5) is 4.39 Å². The quantitative estimate of drug-likeness (QED) is 0.227. The van der Waals surface area contributed by atoms with E-state index in [1.54, 1.807) is 0 Å². The molecule has 0 amide bonds. The number of fused-ring (bicyclic) bond motifs is 7. The fourth-order valence-electron chi connectivity index (χ4n) is 16.1. The van der Waals surface area contributed by atoms with Crippen LogP contribution in [0.3, 0.4) is 0 Å². The number of hydrogen-bond donors (Lipinski definition) is 2. The van der Waals surface area contributed by atoms with Crippen molar-refractivity contribution < 1.29 is 32.2 Å². The first-order valence-electron chi connectivity index (χ1n) is 22.3. The second kappa shape index (κ2) is 13.1. The molecule has 10 heteroatoms. The molecule has 0 aromatic carbocycles. The molecule has 0 aromatic heterocycles. The van der Waals surface area contributed by atoms with Crippen molar-refractivity contribution in [1.82, 2.24) is 10.2 Å². The van der Waals surface area contributed by atoms with Crippen LogP contribution in [0, 0.1) is 73.9 Å². The van der Waals surface area contributed by atoms with Gasteiger partial charge in [-0.05, 0) is 140 Å². The number of sulfone groups is 1. The summed E-state index contributed by atoms with van der Waals surface area (Å²) in [5, 5.41) is 13.8. The Hall–Kier alpha value is -1.26. The Kier molecular flexibility index (Phi) is 9.66. The molecule has 1 aliphatic heterocycles. The molecule has 8 fully saturated rings. The Morgan fingerprint density at radius 1 is 0.782 bits per heavy atom. The molecular formula is C45H73FN2O6S. The second-order valence-corrected chi connectivity index (χ2v) is 25.1. The smallest absolute Gasteiger partial charge is 0.309 e. The molecule has 55 heavy (non-hydrogen) atoms. The molecule has 1 unspecified atom stereocenters. The summed E-state index contributed by atoms with van der Waals surface area (Å²) in [5.74, 6) is 1.32. The topological polar surface area (TPSA) is 113 Å². The minimum atomic E-state index is -3.02. The molecule has 7 aliphatic carbocycles. The zero-order valence-electron chi connectivity index (χ0n) is 35.4. The maximum absolute atomic E-state index is 14.7. The number of hydrogen-bond acceptors (Lipinski definition) is 7. The summed E-state index contributed by atoms with van der Waals surface area (Å²) in [5.41, 5.74) is 0.230. The molecule has 312 valence electrons. The third-order valence-electron chi connectivity index (χ3n) is 20.2. The van der Waals surface area contributed by atoms with E-state index in [2.05, 4.69) is 51.8 Å². The van der Waals surface area contributed by atoms with Crippen molar-refractivity contribution in [1.29, 1.82) is 0 Å². The Balaban J connectivity index is 1.02. The predicted octanol–water partition coefficient (Wildman–Crippen LogP) is 7.94. The molecule has 8 rings (SSSR count). The van der Waals surface area contributed by atoms with Crippen molar-refractivity contribution in [3.05, 3.63) is 0 Å². The van der Waals surface area contributed by atoms with Gasteiger partial charge in [0.1, 0.15) is 12.8 Å². The average molecular weight is 789 g/mol. The summed E-state index contributed by atoms with van der Waals surface area (Å²) in [6.07, 6.45) is 14.4. The van der Waals surface area contributed by atoms with Gasteiger partial charge in [-0.25, -0.2) is 12.8 Å². The number of halogens is 1. The summed E-state index contributed by atoms with van der Waals surface area (Å²) < 4.78 is 45.5. The minimum Gasteiger partial charge on any atom is -0.481 e. The van der Waals surface area contributed by atoms with E-state index in [-0.39, 0.29) is 62.7 Å². The standard InChI is InChI=1S/C45H73FN2O6S/c1-39(2)31(37(49)50)25-32(39)38(51)54-35-13-14-42(6)33(40(35,3)4)12-15-44(8)34(42)10-9-30-36-29(41(5)17-18-41)11-16-45(36,20-19-43(30,44)7)47-27-28(26-46)48-21-23-55(52,53)24-22-48/h28-36,47H,9-27H2,1-8H3,(H,49,50)/t28-,29?,30+,31-,32+,33-,34+,35-,36+,42-,43+,44+,45-/m0/s1. The number of nitrogens with one attached hydrogen (secondary N) is 1. The molecule has 1 heterocycles. The molecule has 8 nitrogen and oxygen atoms in total. The first-order chi connectivity index (χ1) is 25.6. The highest BCUT2D eigenvalue weighted by Crippen LogP contribution is 2.78. The van der Waals surface area contributed by atoms with Crippen LogP contribution in [0.15, 0.2) is 0 Å². The Morgan fingerprint density at radius 3 is 2.09 bits per heavy atom. The normalized spacial score (nSPS) is 48.2. The van der Waals surface area contributed by atoms with Gasteiger partial charge in [0.2, 0.25) is 0 Å². The van der Waals surface area contributed by atoms with Gasteiger partial charge in [-0.2, -0.15) is 0 Å². The lowest BCUT2D eigenvalue weighted by atomic mass is 9.32. The van der Waals surface area contributed by atoms with E-state index >= 15 is 0 Å². The lowest BCUT2D eigenvalue weighted by Crippen LogP contribution is -2.69. The third-order valence-corrected chi connectivity index (χ3v) is 21.8. The fraction of sp³-hybridized carbons (Fsp3) is 0.956. The molecule has 13 atom stereocenters. The molecule has 2 N–H and O–H groups in total. The molecule has 0 radical (unpaired) electrons. The first-order valence-corrected chi connectivity index (χ1v) is 24.1. The SMILES string of the molecule is CC1(C2CC[C@]3(NC[C@H](CF)N4CCS(=O)(=O)CC4)CC[C@]4(C)[C@H](CC[C@@H]5[C@@]6(C)CC[C@H](OC(=O)[C@H]7C[C@@H](C(=O)O)C7(C)C)C(C)(C)[C@@H]6CC[C@]54C)[C@@H]23)CC1. The number of carboxylic acids is 1. The first kappa shape index (κ1) is 40.5. The minimum absolute atomic E-state index is 0.0173. The number of rotatable bonds is 9. The highest BCUT2D eigenvalue weighted by molar-refractivity contribution is 7.91. The van der Waals surface area contributed by atoms with E-state index in [9.17, 15) is 27.5 Å². The van der Waals surface area contributed by atoms with Crippen molar-refractivity contribution in [2.24, 2.45) is 73.9 Å². The number of aliphatic carboxylic acids is 1. The van der Waals surface area contributed by atoms with Gasteiger partial charge >= 0.3 is 11.9 Å². The van der Waals surface area contributed by atoms with Crippen LogP contribution in [0.2, 0.25) is 0 Å². The van der Waals surface area contributed by atoms with Crippen molar-refractivity contribution in [3.8, 4) is 0 Å². The lowest BCUT2D eigenvalue weighted by Gasteiger charge is -2.73. The molecule has 7 saturated carbocycles. The number of esters is 1. The lowest BCUT2D eigenvalue weighted by molar-refractivity contribution is -0.249. The Labute approximate surface area is 331 Å². The Morgan fingerprint density at radius 2 is 1.47 bits per heavy atom. The molecule has 8 aliphatic rings. The zero-order chi connectivity index (χ0) is 39.8. The van der Waals surface area contributed by atoms with Crippen LogP contribution in [-0.2, 0) is 24.2 Å². The average Bonchev–Trinajstić information content (AvgIpc) is 3.72. The summed E-state index contributed by atoms with van der Waals surface area (Å²) in [6, 6.07) is -0.280. The van der Waals surface area contributed by atoms with E-state index in [0.717, 1.165) is 25.7 Å². The van der Waals surface area contributed by atoms with E-state index in [4.69, 9.17) is 4.74 Å². The van der Waals surface area contributed by atoms with E-state index in [1.165, 1.54) is 51.4 Å². The van der Waals surface area contributed by atoms with Crippen LogP contribution in [0.1, 0.15) is 139 Å². The van der Waals surface area contributed by atoms with Gasteiger partial charge < -0.3 is 15.2 Å². The number of carboxylic acid groups (broad SMARTS) is 1. The van der Waals surface area contributed by atoms with E-state index in [0.29, 0.717) is 61.1 Å². The van der Waals surface area contributed by atoms with Gasteiger partial charge in [0.25, 0.3) is 0 Å². The third kappa shape index (κ3) is 5.98. The van der Waals surface area contributed by atoms with Crippen molar-refractivity contribution >= 4 is 21.8 Å². The monoisotopic (exact) mass is 789 g/mol. The van der Waals surface area contributed by atoms with Crippen molar-refractivity contribution in [3.63, 3.8) is 0 Å². The predicted molar refractivity (Wildman–Crippen MR) is 213 cm³/mol. The van der Waals surface area contributed by atoms with Crippen LogP contribution in [0.25, 0.3) is 0 Å². The number of carbonyl (C=O) groups excluding carboxylic acids is 1. The highest BCUT2D eigenvalue weighted by Gasteiger charge is 2.72. The number of alkyl halides is 1. The van der Waals surface area contributed by atoms with Crippen LogP contribution < -0.4 is 5.32 Å². The van der Waals surface area contributed by atoms with Gasteiger partial charge in [-0.3, -0.25) is 14.5 Å². The van der Waals surface area contributed by atoms with E-state index in [1.807, 2.05) is 13.8 Å². The maximum Gasteiger partial charge on any atom is 0.309 e. The molecule has 0 spiro atoms. The summed E-state index contributed by atoms with van der Waals surface area (Å²) in [7, 11) is -3.02. The fourth-order valence-corrected chi connectivity index (χ4v) is 17.3. The molecule has 0 bridgehead atoms. The maximum atomic E-state index is 14.7. The van der Waals surface area contributed by atoms with Crippen LogP contribution in [-0.4, -0.2) is 85.9 Å². The summed E-state index contributed by atoms with van der Waals surface area (Å²) in [6.45, 7) is 20.0. The van der Waals surface area contributed by atoms with Gasteiger partial charge in [-0.15, -0.1) is 0 Å². The van der Waals surface area contributed by atoms with Crippen molar-refractivity contribution in [2.75, 3.05) is 37.8 Å². The van der Waals surface area contributed by atoms with E-state index < -0.39 is 33.8 Å². The highest BCUT2D eigenvalue weighted by atomic mass is 32.2. The molecule has 0 aromatic rings.